The molecule has 8 heteroatoms. The van der Waals surface area contributed by atoms with Crippen LogP contribution in [0.15, 0.2) is 24.2 Å². The highest BCUT2D eigenvalue weighted by Gasteiger charge is 2.25. The van der Waals surface area contributed by atoms with Gasteiger partial charge in [0, 0.05) is 26.2 Å². The topological polar surface area (TPSA) is 75.9 Å². The molecule has 1 unspecified atom stereocenters. The van der Waals surface area contributed by atoms with Crippen LogP contribution in [0.4, 0.5) is 5.82 Å². The lowest BCUT2D eigenvalue weighted by Crippen LogP contribution is -2.48. The largest absolute Gasteiger partial charge is 0.353 e. The van der Waals surface area contributed by atoms with E-state index in [1.807, 2.05) is 7.05 Å². The smallest absolute Gasteiger partial charge is 0.269 e. The lowest BCUT2D eigenvalue weighted by atomic mass is 10.1. The molecular formula is C17H20N6OS. The van der Waals surface area contributed by atoms with E-state index in [-0.39, 0.29) is 11.9 Å². The van der Waals surface area contributed by atoms with Crippen molar-refractivity contribution in [3.63, 3.8) is 0 Å². The molecule has 0 spiro atoms. The molecule has 1 aliphatic rings. The molecule has 1 saturated heterocycles. The summed E-state index contributed by atoms with van der Waals surface area (Å²) in [6, 6.07) is 0.0993. The zero-order valence-electron chi connectivity index (χ0n) is 14.3. The van der Waals surface area contributed by atoms with Gasteiger partial charge in [0.25, 0.3) is 5.91 Å². The number of carbonyl (C=O) groups is 1. The number of anilines is 1. The van der Waals surface area contributed by atoms with Crippen LogP contribution in [0, 0.1) is 6.92 Å². The van der Waals surface area contributed by atoms with Gasteiger partial charge in [-0.25, -0.2) is 15.0 Å². The first kappa shape index (κ1) is 16.0. The van der Waals surface area contributed by atoms with E-state index < -0.39 is 0 Å². The Morgan fingerprint density at radius 2 is 2.28 bits per heavy atom. The number of imidazole rings is 1. The van der Waals surface area contributed by atoms with Crippen molar-refractivity contribution in [1.29, 1.82) is 0 Å². The van der Waals surface area contributed by atoms with Gasteiger partial charge in [-0.15, -0.1) is 11.3 Å². The van der Waals surface area contributed by atoms with Gasteiger partial charge >= 0.3 is 0 Å². The average Bonchev–Trinajstić information content (AvgIpc) is 3.21. The molecule has 1 fully saturated rings. The standard InChI is InChI=1S/C17H20N6OS/c1-11-8-25-15-14(11)19-9-20-16(15)23-5-3-4-12(7-23)21-17(24)13-6-18-10-22(13)2/h6,8-10,12H,3-5,7H2,1-2H3,(H,21,24). The number of piperidine rings is 1. The van der Waals surface area contributed by atoms with Crippen LogP contribution in [0.1, 0.15) is 28.9 Å². The molecule has 0 aliphatic carbocycles. The minimum absolute atomic E-state index is 0.0772. The van der Waals surface area contributed by atoms with Gasteiger partial charge < -0.3 is 14.8 Å². The molecule has 7 nitrogen and oxygen atoms in total. The third-order valence-corrected chi connectivity index (χ3v) is 5.70. The SMILES string of the molecule is Cc1csc2c(N3CCCC(NC(=O)c4cncn4C)C3)ncnc12. The number of fused-ring (bicyclic) bond motifs is 1. The van der Waals surface area contributed by atoms with Gasteiger partial charge in [0.05, 0.1) is 22.7 Å². The fourth-order valence-corrected chi connectivity index (χ4v) is 4.32. The highest BCUT2D eigenvalue weighted by molar-refractivity contribution is 7.18. The molecule has 3 aromatic heterocycles. The van der Waals surface area contributed by atoms with Crippen LogP contribution in [0.2, 0.25) is 0 Å². The second kappa shape index (κ2) is 6.44. The third-order valence-electron chi connectivity index (χ3n) is 4.62. The highest BCUT2D eigenvalue weighted by atomic mass is 32.1. The van der Waals surface area contributed by atoms with E-state index in [2.05, 4.69) is 37.5 Å². The number of aryl methyl sites for hydroxylation is 2. The third kappa shape index (κ3) is 2.97. The van der Waals surface area contributed by atoms with Crippen LogP contribution in [0.5, 0.6) is 0 Å². The number of amides is 1. The predicted molar refractivity (Wildman–Crippen MR) is 98.1 cm³/mol. The second-order valence-electron chi connectivity index (χ2n) is 6.44. The van der Waals surface area contributed by atoms with E-state index in [0.29, 0.717) is 5.69 Å². The Morgan fingerprint density at radius 1 is 1.40 bits per heavy atom. The molecule has 4 heterocycles. The van der Waals surface area contributed by atoms with Crippen LogP contribution in [0.25, 0.3) is 10.2 Å². The summed E-state index contributed by atoms with van der Waals surface area (Å²) in [7, 11) is 1.83. The van der Waals surface area contributed by atoms with Crippen LogP contribution >= 0.6 is 11.3 Å². The van der Waals surface area contributed by atoms with Gasteiger partial charge in [-0.2, -0.15) is 0 Å². The zero-order chi connectivity index (χ0) is 17.4. The van der Waals surface area contributed by atoms with Gasteiger partial charge in [-0.05, 0) is 30.7 Å². The van der Waals surface area contributed by atoms with Crippen molar-refractivity contribution in [1.82, 2.24) is 24.8 Å². The van der Waals surface area contributed by atoms with Crippen LogP contribution in [-0.2, 0) is 7.05 Å². The van der Waals surface area contributed by atoms with E-state index in [1.165, 1.54) is 5.56 Å². The van der Waals surface area contributed by atoms with Crippen molar-refractivity contribution in [2.75, 3.05) is 18.0 Å². The Morgan fingerprint density at radius 3 is 3.08 bits per heavy atom. The summed E-state index contributed by atoms with van der Waals surface area (Å²) in [5.41, 5.74) is 2.79. The number of hydrogen-bond acceptors (Lipinski definition) is 6. The summed E-state index contributed by atoms with van der Waals surface area (Å²) < 4.78 is 2.86. The molecule has 0 aromatic carbocycles. The minimum Gasteiger partial charge on any atom is -0.353 e. The quantitative estimate of drug-likeness (QED) is 0.778. The molecule has 1 atom stereocenters. The normalized spacial score (nSPS) is 17.8. The number of nitrogens with zero attached hydrogens (tertiary/aromatic N) is 5. The van der Waals surface area contributed by atoms with Crippen molar-refractivity contribution >= 4 is 33.3 Å². The summed E-state index contributed by atoms with van der Waals surface area (Å²) in [6.07, 6.45) is 6.86. The van der Waals surface area contributed by atoms with E-state index in [1.54, 1.807) is 34.8 Å². The maximum absolute atomic E-state index is 12.4. The molecule has 130 valence electrons. The highest BCUT2D eigenvalue weighted by Crippen LogP contribution is 2.32. The maximum atomic E-state index is 12.4. The molecule has 25 heavy (non-hydrogen) atoms. The van der Waals surface area contributed by atoms with Crippen molar-refractivity contribution < 1.29 is 4.79 Å². The molecule has 0 radical (unpaired) electrons. The number of rotatable bonds is 3. The Hall–Kier alpha value is -2.48. The Balaban J connectivity index is 1.53. The molecule has 1 aliphatic heterocycles. The van der Waals surface area contributed by atoms with Gasteiger partial charge in [-0.3, -0.25) is 4.79 Å². The number of thiophene rings is 1. The predicted octanol–water partition coefficient (Wildman–Crippen LogP) is 2.13. The maximum Gasteiger partial charge on any atom is 0.269 e. The first-order valence-corrected chi connectivity index (χ1v) is 9.22. The second-order valence-corrected chi connectivity index (χ2v) is 7.32. The summed E-state index contributed by atoms with van der Waals surface area (Å²) in [4.78, 5) is 27.6. The first-order chi connectivity index (χ1) is 12.1. The molecule has 3 aromatic rings. The van der Waals surface area contributed by atoms with Gasteiger partial charge in [0.1, 0.15) is 17.8 Å². The van der Waals surface area contributed by atoms with Gasteiger partial charge in [0.2, 0.25) is 0 Å². The van der Waals surface area contributed by atoms with Crippen molar-refractivity contribution in [3.05, 3.63) is 35.5 Å². The molecule has 0 saturated carbocycles. The monoisotopic (exact) mass is 356 g/mol. The Kier molecular flexibility index (Phi) is 4.12. The Bertz CT molecular complexity index is 917. The summed E-state index contributed by atoms with van der Waals surface area (Å²) >= 11 is 1.68. The summed E-state index contributed by atoms with van der Waals surface area (Å²) in [6.45, 7) is 3.77. The molecule has 0 bridgehead atoms. The fourth-order valence-electron chi connectivity index (χ4n) is 3.30. The lowest BCUT2D eigenvalue weighted by molar-refractivity contribution is 0.0925. The van der Waals surface area contributed by atoms with Gasteiger partial charge in [0.15, 0.2) is 0 Å². The number of nitrogens with one attached hydrogen (secondary N) is 1. The average molecular weight is 356 g/mol. The number of hydrogen-bond donors (Lipinski definition) is 1. The van der Waals surface area contributed by atoms with Crippen LogP contribution in [0.3, 0.4) is 0 Å². The van der Waals surface area contributed by atoms with E-state index in [9.17, 15) is 4.79 Å². The fraction of sp³-hybridized carbons (Fsp3) is 0.412. The Labute approximate surface area is 149 Å². The summed E-state index contributed by atoms with van der Waals surface area (Å²) in [5, 5.41) is 5.25. The van der Waals surface area contributed by atoms with Crippen molar-refractivity contribution in [3.8, 4) is 0 Å². The van der Waals surface area contributed by atoms with E-state index >= 15 is 0 Å². The first-order valence-electron chi connectivity index (χ1n) is 8.34. The summed E-state index contributed by atoms with van der Waals surface area (Å²) in [5.74, 6) is 0.897. The zero-order valence-corrected chi connectivity index (χ0v) is 15.1. The molecular weight excluding hydrogens is 336 g/mol. The lowest BCUT2D eigenvalue weighted by Gasteiger charge is -2.34. The van der Waals surface area contributed by atoms with E-state index in [0.717, 1.165) is 42.0 Å². The minimum atomic E-state index is -0.0772. The molecule has 4 rings (SSSR count). The van der Waals surface area contributed by atoms with Crippen LogP contribution in [-0.4, -0.2) is 44.6 Å². The molecule has 1 amide bonds. The van der Waals surface area contributed by atoms with Crippen LogP contribution < -0.4 is 10.2 Å². The number of aromatic nitrogens is 4. The molecule has 1 N–H and O–H groups in total. The number of carbonyl (C=O) groups excluding carboxylic acids is 1. The van der Waals surface area contributed by atoms with Crippen molar-refractivity contribution in [2.45, 2.75) is 25.8 Å². The van der Waals surface area contributed by atoms with Gasteiger partial charge in [-0.1, -0.05) is 0 Å². The van der Waals surface area contributed by atoms with Crippen molar-refractivity contribution in [2.24, 2.45) is 7.05 Å². The van der Waals surface area contributed by atoms with E-state index in [4.69, 9.17) is 0 Å².